The minimum atomic E-state index is -4.49. The lowest BCUT2D eigenvalue weighted by molar-refractivity contribution is -0.139. The van der Waals surface area contributed by atoms with E-state index in [4.69, 9.17) is 0 Å². The number of amides is 1. The molecule has 0 saturated carbocycles. The van der Waals surface area contributed by atoms with Gasteiger partial charge in [0.1, 0.15) is 0 Å². The number of nitrogens with one attached hydrogen (secondary N) is 1. The van der Waals surface area contributed by atoms with Crippen molar-refractivity contribution in [1.82, 2.24) is 4.90 Å². The van der Waals surface area contributed by atoms with Gasteiger partial charge in [-0.25, -0.2) is 8.42 Å². The molecule has 1 amide bonds. The standard InChI is InChI=1S/C19H19F3N2O3S/c1-24(13-15-5-3-4-6-17(15)19(20,21)22)18(25)12-9-14-7-10-16(11-8-14)23-28(2,26)27/h3-12,23H,13H2,1-2H3/b12-9+. The van der Waals surface area contributed by atoms with Gasteiger partial charge in [-0.1, -0.05) is 30.3 Å². The molecule has 2 aromatic rings. The topological polar surface area (TPSA) is 66.5 Å². The smallest absolute Gasteiger partial charge is 0.338 e. The Labute approximate surface area is 161 Å². The lowest BCUT2D eigenvalue weighted by atomic mass is 10.1. The highest BCUT2D eigenvalue weighted by atomic mass is 32.2. The van der Waals surface area contributed by atoms with E-state index in [1.807, 2.05) is 0 Å². The first-order chi connectivity index (χ1) is 13.0. The van der Waals surface area contributed by atoms with Crippen LogP contribution in [-0.2, 0) is 27.5 Å². The SMILES string of the molecule is CN(Cc1ccccc1C(F)(F)F)C(=O)/C=C/c1ccc(NS(C)(=O)=O)cc1. The first-order valence-corrected chi connectivity index (χ1v) is 10.0. The summed E-state index contributed by atoms with van der Waals surface area (Å²) in [6, 6.07) is 11.4. The molecule has 0 fully saturated rings. The minimum Gasteiger partial charge on any atom is -0.338 e. The summed E-state index contributed by atoms with van der Waals surface area (Å²) in [6.07, 6.45) is -0.710. The van der Waals surface area contributed by atoms with E-state index < -0.39 is 27.7 Å². The van der Waals surface area contributed by atoms with Crippen LogP contribution in [0.25, 0.3) is 6.08 Å². The molecule has 2 aromatic carbocycles. The van der Waals surface area contributed by atoms with E-state index in [-0.39, 0.29) is 12.1 Å². The van der Waals surface area contributed by atoms with Gasteiger partial charge >= 0.3 is 6.18 Å². The lowest BCUT2D eigenvalue weighted by Gasteiger charge is -2.19. The zero-order valence-electron chi connectivity index (χ0n) is 15.2. The van der Waals surface area contributed by atoms with Gasteiger partial charge in [-0.15, -0.1) is 0 Å². The highest BCUT2D eigenvalue weighted by Crippen LogP contribution is 2.32. The maximum absolute atomic E-state index is 13.0. The summed E-state index contributed by atoms with van der Waals surface area (Å²) in [7, 11) is -1.96. The molecule has 0 bridgehead atoms. The van der Waals surface area contributed by atoms with Crippen molar-refractivity contribution in [3.63, 3.8) is 0 Å². The molecule has 0 aliphatic rings. The van der Waals surface area contributed by atoms with Gasteiger partial charge in [0.15, 0.2) is 0 Å². The van der Waals surface area contributed by atoms with E-state index in [9.17, 15) is 26.4 Å². The highest BCUT2D eigenvalue weighted by molar-refractivity contribution is 7.92. The van der Waals surface area contributed by atoms with Crippen LogP contribution in [-0.4, -0.2) is 32.5 Å². The van der Waals surface area contributed by atoms with E-state index in [1.165, 1.54) is 54.4 Å². The van der Waals surface area contributed by atoms with Crippen LogP contribution in [0, 0.1) is 0 Å². The van der Waals surface area contributed by atoms with Gasteiger partial charge in [-0.05, 0) is 35.4 Å². The fourth-order valence-electron chi connectivity index (χ4n) is 2.44. The number of carbonyl (C=O) groups is 1. The van der Waals surface area contributed by atoms with Crippen molar-refractivity contribution in [3.05, 3.63) is 71.3 Å². The molecule has 0 unspecified atom stereocenters. The molecular weight excluding hydrogens is 393 g/mol. The zero-order chi connectivity index (χ0) is 20.9. The van der Waals surface area contributed by atoms with Crippen LogP contribution in [0.5, 0.6) is 0 Å². The molecule has 28 heavy (non-hydrogen) atoms. The van der Waals surface area contributed by atoms with Crippen LogP contribution in [0.2, 0.25) is 0 Å². The average Bonchev–Trinajstić information content (AvgIpc) is 2.59. The van der Waals surface area contributed by atoms with E-state index >= 15 is 0 Å². The molecule has 2 rings (SSSR count). The number of sulfonamides is 1. The average molecular weight is 412 g/mol. The van der Waals surface area contributed by atoms with Gasteiger partial charge in [0.2, 0.25) is 15.9 Å². The van der Waals surface area contributed by atoms with E-state index in [2.05, 4.69) is 4.72 Å². The Hall–Kier alpha value is -2.81. The third-order valence-electron chi connectivity index (χ3n) is 3.74. The monoisotopic (exact) mass is 412 g/mol. The molecule has 5 nitrogen and oxygen atoms in total. The van der Waals surface area contributed by atoms with Crippen LogP contribution in [0.15, 0.2) is 54.6 Å². The minimum absolute atomic E-state index is 0.00968. The predicted molar refractivity (Wildman–Crippen MR) is 102 cm³/mol. The summed E-state index contributed by atoms with van der Waals surface area (Å²) in [5.74, 6) is -0.463. The van der Waals surface area contributed by atoms with E-state index in [1.54, 1.807) is 12.1 Å². The van der Waals surface area contributed by atoms with Crippen LogP contribution in [0.1, 0.15) is 16.7 Å². The number of anilines is 1. The van der Waals surface area contributed by atoms with Crippen molar-refractivity contribution in [2.45, 2.75) is 12.7 Å². The number of likely N-dealkylation sites (N-methyl/N-ethyl adjacent to an activating group) is 1. The third kappa shape index (κ3) is 6.41. The largest absolute Gasteiger partial charge is 0.416 e. The van der Waals surface area contributed by atoms with Gasteiger partial charge in [-0.3, -0.25) is 9.52 Å². The van der Waals surface area contributed by atoms with Crippen molar-refractivity contribution in [3.8, 4) is 0 Å². The third-order valence-corrected chi connectivity index (χ3v) is 4.35. The van der Waals surface area contributed by atoms with Crippen LogP contribution in [0.4, 0.5) is 18.9 Å². The Morgan fingerprint density at radius 3 is 2.29 bits per heavy atom. The fourth-order valence-corrected chi connectivity index (χ4v) is 3.00. The van der Waals surface area contributed by atoms with Gasteiger partial charge < -0.3 is 4.90 Å². The van der Waals surface area contributed by atoms with E-state index in [0.717, 1.165) is 12.3 Å². The Bertz CT molecular complexity index is 969. The molecule has 0 aliphatic carbocycles. The van der Waals surface area contributed by atoms with Gasteiger partial charge in [0.05, 0.1) is 11.8 Å². The van der Waals surface area contributed by atoms with Crippen LogP contribution in [0.3, 0.4) is 0 Å². The number of hydrogen-bond donors (Lipinski definition) is 1. The summed E-state index contributed by atoms with van der Waals surface area (Å²) < 4.78 is 63.8. The zero-order valence-corrected chi connectivity index (χ0v) is 16.0. The number of halogens is 3. The Morgan fingerprint density at radius 1 is 1.11 bits per heavy atom. The second-order valence-corrected chi connectivity index (χ2v) is 7.93. The second-order valence-electron chi connectivity index (χ2n) is 6.18. The Balaban J connectivity index is 2.05. The summed E-state index contributed by atoms with van der Waals surface area (Å²) in [5.41, 5.74) is 0.256. The summed E-state index contributed by atoms with van der Waals surface area (Å²) in [5, 5.41) is 0. The van der Waals surface area contributed by atoms with Gasteiger partial charge in [0, 0.05) is 25.4 Å². The Kier molecular flexibility index (Phi) is 6.50. The number of hydrogen-bond acceptors (Lipinski definition) is 3. The number of rotatable bonds is 6. The van der Waals surface area contributed by atoms with Crippen LogP contribution < -0.4 is 4.72 Å². The molecule has 0 heterocycles. The van der Waals surface area contributed by atoms with Crippen molar-refractivity contribution in [1.29, 1.82) is 0 Å². The molecule has 1 N–H and O–H groups in total. The van der Waals surface area contributed by atoms with Gasteiger partial charge in [-0.2, -0.15) is 13.2 Å². The number of benzene rings is 2. The number of nitrogens with zero attached hydrogens (tertiary/aromatic N) is 1. The quantitative estimate of drug-likeness (QED) is 0.735. The van der Waals surface area contributed by atoms with Gasteiger partial charge in [0.25, 0.3) is 0 Å². The lowest BCUT2D eigenvalue weighted by Crippen LogP contribution is -2.25. The fraction of sp³-hybridized carbons (Fsp3) is 0.211. The summed E-state index contributed by atoms with van der Waals surface area (Å²) >= 11 is 0. The van der Waals surface area contributed by atoms with Crippen molar-refractivity contribution in [2.24, 2.45) is 0 Å². The highest BCUT2D eigenvalue weighted by Gasteiger charge is 2.33. The second kappa shape index (κ2) is 8.47. The molecule has 0 aliphatic heterocycles. The van der Waals surface area contributed by atoms with E-state index in [0.29, 0.717) is 11.3 Å². The van der Waals surface area contributed by atoms with Crippen molar-refractivity contribution < 1.29 is 26.4 Å². The molecule has 0 saturated heterocycles. The molecule has 0 spiro atoms. The molecule has 150 valence electrons. The number of carbonyl (C=O) groups excluding carboxylic acids is 1. The summed E-state index contributed by atoms with van der Waals surface area (Å²) in [6.45, 7) is -0.184. The first-order valence-electron chi connectivity index (χ1n) is 8.12. The molecule has 0 radical (unpaired) electrons. The van der Waals surface area contributed by atoms with Crippen LogP contribution >= 0.6 is 0 Å². The maximum atomic E-state index is 13.0. The maximum Gasteiger partial charge on any atom is 0.416 e. The normalized spacial score (nSPS) is 12.2. The summed E-state index contributed by atoms with van der Waals surface area (Å²) in [4.78, 5) is 13.4. The van der Waals surface area contributed by atoms with Crippen molar-refractivity contribution >= 4 is 27.7 Å². The Morgan fingerprint density at radius 2 is 1.71 bits per heavy atom. The first kappa shape index (κ1) is 21.5. The molecular formula is C19H19F3N2O3S. The molecule has 0 atom stereocenters. The van der Waals surface area contributed by atoms with Crippen molar-refractivity contribution in [2.75, 3.05) is 18.0 Å². The number of alkyl halides is 3. The molecule has 9 heteroatoms. The molecule has 0 aromatic heterocycles. The predicted octanol–water partition coefficient (Wildman–Crippen LogP) is 3.75.